The second kappa shape index (κ2) is 5.16. The number of hydrogen-bond acceptors (Lipinski definition) is 3. The fourth-order valence-electron chi connectivity index (χ4n) is 0.396. The monoisotopic (exact) mass is 161 g/mol. The molecular weight excluding hydrogens is 151 g/mol. The fraction of sp³-hybridized carbons (Fsp3) is 1.00. The van der Waals surface area contributed by atoms with Crippen molar-refractivity contribution in [1.29, 1.82) is 0 Å². The van der Waals surface area contributed by atoms with E-state index in [0.29, 0.717) is 6.42 Å². The molecule has 4 nitrogen and oxygen atoms in total. The van der Waals surface area contributed by atoms with Gasteiger partial charge in [-0.2, -0.15) is 8.42 Å². The summed E-state index contributed by atoms with van der Waals surface area (Å²) in [5.41, 5.74) is -1.61. The molecule has 0 saturated carbocycles. The molecule has 1 unspecified atom stereocenters. The molecule has 57 valence electrons. The van der Waals surface area contributed by atoms with Crippen LogP contribution in [0, 0.1) is 0 Å². The Morgan fingerprint density at radius 2 is 1.90 bits per heavy atom. The zero-order valence-electron chi connectivity index (χ0n) is 6.11. The second-order valence-corrected chi connectivity index (χ2v) is 3.33. The minimum Gasteiger partial charge on any atom is -0.375 e. The van der Waals surface area contributed by atoms with Gasteiger partial charge in [-0.25, -0.2) is 0 Å². The van der Waals surface area contributed by atoms with Crippen LogP contribution in [0.15, 0.2) is 0 Å². The first kappa shape index (κ1) is 13.1. The molecule has 0 amide bonds. The van der Waals surface area contributed by atoms with Crippen molar-refractivity contribution in [3.8, 4) is 0 Å². The predicted molar refractivity (Wildman–Crippen MR) is 38.2 cm³/mol. The summed E-state index contributed by atoms with van der Waals surface area (Å²) in [6.45, 7) is 1.72. The van der Waals surface area contributed by atoms with Gasteiger partial charge in [0.05, 0.1) is 0 Å². The van der Waals surface area contributed by atoms with Gasteiger partial charge in [-0.1, -0.05) is 13.3 Å². The minimum atomic E-state index is -4.21. The van der Waals surface area contributed by atoms with E-state index in [0.717, 1.165) is 0 Å². The van der Waals surface area contributed by atoms with Crippen molar-refractivity contribution in [2.45, 2.75) is 25.2 Å². The van der Waals surface area contributed by atoms with Crippen LogP contribution in [0.4, 0.5) is 0 Å². The van der Waals surface area contributed by atoms with Crippen LogP contribution in [0.2, 0.25) is 0 Å². The van der Waals surface area contributed by atoms with E-state index in [1.165, 1.54) is 0 Å². The molecule has 0 rings (SSSR count). The summed E-state index contributed by atoms with van der Waals surface area (Å²) in [6.07, 6.45) is 0.611. The fourth-order valence-corrected chi connectivity index (χ4v) is 0.929. The normalized spacial score (nSPS) is 13.9. The van der Waals surface area contributed by atoms with Gasteiger partial charge in [0.15, 0.2) is 5.44 Å². The molecule has 1 radical (unpaired) electrons. The summed E-state index contributed by atoms with van der Waals surface area (Å²) >= 11 is 0. The van der Waals surface area contributed by atoms with E-state index in [-0.39, 0.29) is 25.3 Å². The van der Waals surface area contributed by atoms with E-state index in [9.17, 15) is 8.42 Å². The standard InChI is InChI=1S/C4H10O4S.Li/c1-2-3-4(5)9(6,7)8;/h4-5H,2-3H2,1H3,(H,6,7,8);. The quantitative estimate of drug-likeness (QED) is 0.436. The van der Waals surface area contributed by atoms with Gasteiger partial charge in [0.2, 0.25) is 0 Å². The maximum Gasteiger partial charge on any atom is 0.291 e. The topological polar surface area (TPSA) is 74.6 Å². The van der Waals surface area contributed by atoms with Crippen LogP contribution in [0.25, 0.3) is 0 Å². The van der Waals surface area contributed by atoms with Crippen LogP contribution in [0.3, 0.4) is 0 Å². The van der Waals surface area contributed by atoms with E-state index >= 15 is 0 Å². The van der Waals surface area contributed by atoms with Crippen molar-refractivity contribution in [1.82, 2.24) is 0 Å². The van der Waals surface area contributed by atoms with E-state index in [1.807, 2.05) is 0 Å². The molecule has 0 aromatic rings. The van der Waals surface area contributed by atoms with E-state index in [2.05, 4.69) is 0 Å². The Morgan fingerprint density at radius 1 is 1.50 bits per heavy atom. The smallest absolute Gasteiger partial charge is 0.291 e. The molecule has 0 aromatic heterocycles. The molecule has 0 aromatic carbocycles. The van der Waals surface area contributed by atoms with Crippen LogP contribution in [0.1, 0.15) is 19.8 Å². The van der Waals surface area contributed by atoms with Gasteiger partial charge < -0.3 is 5.11 Å². The van der Waals surface area contributed by atoms with Crippen molar-refractivity contribution in [3.63, 3.8) is 0 Å². The number of rotatable bonds is 3. The molecule has 0 bridgehead atoms. The van der Waals surface area contributed by atoms with E-state index in [1.54, 1.807) is 6.92 Å². The molecule has 0 fully saturated rings. The zero-order valence-corrected chi connectivity index (χ0v) is 6.93. The van der Waals surface area contributed by atoms with Crippen LogP contribution < -0.4 is 0 Å². The third kappa shape index (κ3) is 5.27. The summed E-state index contributed by atoms with van der Waals surface area (Å²) < 4.78 is 28.2. The van der Waals surface area contributed by atoms with Gasteiger partial charge in [-0.05, 0) is 6.42 Å². The van der Waals surface area contributed by atoms with Gasteiger partial charge in [-0.15, -0.1) is 0 Å². The summed E-state index contributed by atoms with van der Waals surface area (Å²) in [4.78, 5) is 0. The maximum atomic E-state index is 10.0. The maximum absolute atomic E-state index is 10.0. The molecule has 0 aliphatic rings. The van der Waals surface area contributed by atoms with Crippen LogP contribution >= 0.6 is 0 Å². The van der Waals surface area contributed by atoms with Gasteiger partial charge >= 0.3 is 0 Å². The first-order chi connectivity index (χ1) is 3.98. The third-order valence-electron chi connectivity index (χ3n) is 0.879. The van der Waals surface area contributed by atoms with Crippen molar-refractivity contribution in [2.24, 2.45) is 0 Å². The molecule has 6 heteroatoms. The van der Waals surface area contributed by atoms with Gasteiger partial charge in [0.25, 0.3) is 10.1 Å². The molecule has 2 N–H and O–H groups in total. The molecule has 10 heavy (non-hydrogen) atoms. The summed E-state index contributed by atoms with van der Waals surface area (Å²) in [5.74, 6) is 0. The summed E-state index contributed by atoms with van der Waals surface area (Å²) in [5, 5.41) is 8.55. The second-order valence-electron chi connectivity index (χ2n) is 1.76. The van der Waals surface area contributed by atoms with Crippen LogP contribution in [-0.4, -0.2) is 42.4 Å². The number of hydrogen-bond donors (Lipinski definition) is 2. The summed E-state index contributed by atoms with van der Waals surface area (Å²) in [6, 6.07) is 0. The van der Waals surface area contributed by atoms with Crippen LogP contribution in [0.5, 0.6) is 0 Å². The Kier molecular flexibility index (Phi) is 6.75. The van der Waals surface area contributed by atoms with Crippen molar-refractivity contribution in [3.05, 3.63) is 0 Å². The third-order valence-corrected chi connectivity index (χ3v) is 1.80. The predicted octanol–water partition coefficient (Wildman–Crippen LogP) is -0.388. The van der Waals surface area contributed by atoms with Gasteiger partial charge in [0, 0.05) is 18.9 Å². The Balaban J connectivity index is 0. The molecular formula is C4H10LiO4S. The molecule has 0 saturated heterocycles. The minimum absolute atomic E-state index is 0. The average Bonchev–Trinajstić information content (AvgIpc) is 1.64. The first-order valence-electron chi connectivity index (χ1n) is 2.63. The number of aliphatic hydroxyl groups excluding tert-OH is 1. The Hall–Kier alpha value is 0.467. The summed E-state index contributed by atoms with van der Waals surface area (Å²) in [7, 11) is -4.21. The molecule has 0 heterocycles. The van der Waals surface area contributed by atoms with Crippen molar-refractivity contribution >= 4 is 29.0 Å². The Morgan fingerprint density at radius 3 is 2.00 bits per heavy atom. The van der Waals surface area contributed by atoms with Crippen molar-refractivity contribution < 1.29 is 18.1 Å². The Labute approximate surface area is 72.6 Å². The Bertz CT molecular complexity index is 164. The largest absolute Gasteiger partial charge is 0.375 e. The van der Waals surface area contributed by atoms with Gasteiger partial charge in [0.1, 0.15) is 0 Å². The molecule has 0 spiro atoms. The molecule has 0 aliphatic carbocycles. The van der Waals surface area contributed by atoms with E-state index in [4.69, 9.17) is 9.66 Å². The molecule has 0 aliphatic heterocycles. The average molecular weight is 161 g/mol. The SMILES string of the molecule is CCCC(O)S(=O)(=O)O.[Li]. The molecule has 1 atom stereocenters. The van der Waals surface area contributed by atoms with E-state index < -0.39 is 15.6 Å². The first-order valence-corrected chi connectivity index (χ1v) is 4.13. The van der Waals surface area contributed by atoms with Crippen molar-refractivity contribution in [2.75, 3.05) is 0 Å². The van der Waals surface area contributed by atoms with Gasteiger partial charge in [-0.3, -0.25) is 4.55 Å². The number of aliphatic hydroxyl groups is 1. The van der Waals surface area contributed by atoms with Crippen LogP contribution in [-0.2, 0) is 10.1 Å². The zero-order chi connectivity index (χ0) is 7.49.